The average molecular weight is 251 g/mol. The molecule has 0 spiro atoms. The Balaban J connectivity index is 2.14. The largest absolute Gasteiger partial charge is 0.462 e. The van der Waals surface area contributed by atoms with Crippen molar-refractivity contribution in [3.8, 4) is 6.07 Å². The summed E-state index contributed by atoms with van der Waals surface area (Å²) >= 11 is 1.15. The summed E-state index contributed by atoms with van der Waals surface area (Å²) in [6.45, 7) is 1.81. The molecule has 2 rings (SSSR count). The van der Waals surface area contributed by atoms with Crippen LogP contribution >= 0.6 is 11.8 Å². The summed E-state index contributed by atoms with van der Waals surface area (Å²) in [5, 5.41) is 8.26. The number of nitrogens with zero attached hydrogens (tertiary/aromatic N) is 1. The molecule has 1 aromatic rings. The summed E-state index contributed by atoms with van der Waals surface area (Å²) in [6.07, 6.45) is 0.476. The first-order chi connectivity index (χ1) is 8.10. The Labute approximate surface area is 103 Å². The van der Waals surface area contributed by atoms with Crippen LogP contribution in [0.5, 0.6) is 0 Å². The fraction of sp³-hybridized carbons (Fsp3) is 0.333. The number of carbonyl (C=O) groups excluding carboxylic acids is 1. The van der Waals surface area contributed by atoms with Gasteiger partial charge in [-0.2, -0.15) is 5.26 Å². The summed E-state index contributed by atoms with van der Waals surface area (Å²) < 4.78 is 18.6. The number of carbonyl (C=O) groups is 1. The SMILES string of the molecule is C[C@H]1C[C@@H](Sc2ccc(C#N)cc2F)C(=O)O1. The van der Waals surface area contributed by atoms with Gasteiger partial charge in [-0.3, -0.25) is 4.79 Å². The van der Waals surface area contributed by atoms with E-state index in [0.717, 1.165) is 11.8 Å². The van der Waals surface area contributed by atoms with E-state index >= 15 is 0 Å². The third-order valence-electron chi connectivity index (χ3n) is 2.46. The molecule has 3 nitrogen and oxygen atoms in total. The van der Waals surface area contributed by atoms with Crippen LogP contribution in [0, 0.1) is 17.1 Å². The van der Waals surface area contributed by atoms with Crippen LogP contribution < -0.4 is 0 Å². The van der Waals surface area contributed by atoms with Gasteiger partial charge in [0.25, 0.3) is 0 Å². The van der Waals surface area contributed by atoms with Gasteiger partial charge in [-0.25, -0.2) is 4.39 Å². The highest BCUT2D eigenvalue weighted by Crippen LogP contribution is 2.33. The fourth-order valence-corrected chi connectivity index (χ4v) is 2.78. The van der Waals surface area contributed by atoms with Gasteiger partial charge in [-0.05, 0) is 25.1 Å². The number of esters is 1. The topological polar surface area (TPSA) is 50.1 Å². The molecule has 0 radical (unpaired) electrons. The van der Waals surface area contributed by atoms with Crippen molar-refractivity contribution in [1.82, 2.24) is 0 Å². The van der Waals surface area contributed by atoms with E-state index in [9.17, 15) is 9.18 Å². The second kappa shape index (κ2) is 4.76. The number of thioether (sulfide) groups is 1. The molecular formula is C12H10FNO2S. The molecule has 5 heteroatoms. The van der Waals surface area contributed by atoms with Crippen LogP contribution in [0.2, 0.25) is 0 Å². The normalized spacial score (nSPS) is 23.2. The number of benzene rings is 1. The smallest absolute Gasteiger partial charge is 0.319 e. The predicted octanol–water partition coefficient (Wildman–Crippen LogP) is 2.49. The van der Waals surface area contributed by atoms with E-state index in [-0.39, 0.29) is 22.9 Å². The Kier molecular flexibility index (Phi) is 3.34. The van der Waals surface area contributed by atoms with Gasteiger partial charge in [-0.15, -0.1) is 11.8 Å². The number of hydrogen-bond acceptors (Lipinski definition) is 4. The molecule has 1 aromatic carbocycles. The van der Waals surface area contributed by atoms with Crippen molar-refractivity contribution in [2.75, 3.05) is 0 Å². The van der Waals surface area contributed by atoms with E-state index in [1.165, 1.54) is 18.2 Å². The number of halogens is 1. The maximum Gasteiger partial charge on any atom is 0.319 e. The minimum atomic E-state index is -0.471. The molecule has 1 fully saturated rings. The van der Waals surface area contributed by atoms with Crippen LogP contribution in [-0.2, 0) is 9.53 Å². The van der Waals surface area contributed by atoms with Crippen LogP contribution in [0.25, 0.3) is 0 Å². The van der Waals surface area contributed by atoms with Crippen molar-refractivity contribution in [3.05, 3.63) is 29.6 Å². The van der Waals surface area contributed by atoms with Crippen LogP contribution in [0.3, 0.4) is 0 Å². The lowest BCUT2D eigenvalue weighted by atomic mass is 10.2. The molecule has 1 aliphatic heterocycles. The van der Waals surface area contributed by atoms with E-state index in [1.807, 2.05) is 13.0 Å². The number of cyclic esters (lactones) is 1. The molecule has 88 valence electrons. The van der Waals surface area contributed by atoms with Gasteiger partial charge in [0, 0.05) is 11.3 Å². The minimum absolute atomic E-state index is 0.110. The van der Waals surface area contributed by atoms with Crippen LogP contribution in [0.4, 0.5) is 4.39 Å². The molecule has 0 aromatic heterocycles. The third kappa shape index (κ3) is 2.59. The Morgan fingerprint density at radius 2 is 2.35 bits per heavy atom. The maximum atomic E-state index is 13.6. The second-order valence-corrected chi connectivity index (χ2v) is 5.09. The fourth-order valence-electron chi connectivity index (χ4n) is 1.64. The third-order valence-corrected chi connectivity index (χ3v) is 3.71. The molecule has 0 bridgehead atoms. The Bertz CT molecular complexity index is 498. The number of hydrogen-bond donors (Lipinski definition) is 0. The summed E-state index contributed by atoms with van der Waals surface area (Å²) in [4.78, 5) is 11.8. The summed E-state index contributed by atoms with van der Waals surface area (Å²) in [5.41, 5.74) is 0.272. The van der Waals surface area contributed by atoms with Gasteiger partial charge < -0.3 is 4.74 Å². The first kappa shape index (κ1) is 11.9. The minimum Gasteiger partial charge on any atom is -0.462 e. The molecule has 1 heterocycles. The van der Waals surface area contributed by atoms with Gasteiger partial charge in [0.05, 0.1) is 11.6 Å². The standard InChI is InChI=1S/C12H10FNO2S/c1-7-4-11(12(15)16-7)17-10-3-2-8(6-14)5-9(10)13/h2-3,5,7,11H,4H2,1H3/t7-,11+/m0/s1. The van der Waals surface area contributed by atoms with Gasteiger partial charge in [-0.1, -0.05) is 0 Å². The van der Waals surface area contributed by atoms with Crippen molar-refractivity contribution in [1.29, 1.82) is 5.26 Å². The van der Waals surface area contributed by atoms with Crippen molar-refractivity contribution < 1.29 is 13.9 Å². The predicted molar refractivity (Wildman–Crippen MR) is 60.9 cm³/mol. The van der Waals surface area contributed by atoms with Gasteiger partial charge >= 0.3 is 5.97 Å². The van der Waals surface area contributed by atoms with Crippen molar-refractivity contribution in [2.45, 2.75) is 29.6 Å². The number of ether oxygens (including phenoxy) is 1. The van der Waals surface area contributed by atoms with Crippen LogP contribution in [0.1, 0.15) is 18.9 Å². The van der Waals surface area contributed by atoms with Crippen molar-refractivity contribution in [3.63, 3.8) is 0 Å². The summed E-state index contributed by atoms with van der Waals surface area (Å²) in [6, 6.07) is 6.10. The first-order valence-corrected chi connectivity index (χ1v) is 6.05. The van der Waals surface area contributed by atoms with E-state index < -0.39 is 5.82 Å². The van der Waals surface area contributed by atoms with Crippen molar-refractivity contribution in [2.24, 2.45) is 0 Å². The lowest BCUT2D eigenvalue weighted by Gasteiger charge is -2.06. The number of rotatable bonds is 2. The molecule has 0 amide bonds. The molecule has 0 saturated carbocycles. The molecule has 0 aliphatic carbocycles. The highest BCUT2D eigenvalue weighted by atomic mass is 32.2. The zero-order valence-electron chi connectivity index (χ0n) is 9.14. The van der Waals surface area contributed by atoms with Gasteiger partial charge in [0.2, 0.25) is 0 Å². The highest BCUT2D eigenvalue weighted by Gasteiger charge is 2.33. The second-order valence-electron chi connectivity index (χ2n) is 3.85. The average Bonchev–Trinajstić information content (AvgIpc) is 2.60. The zero-order chi connectivity index (χ0) is 12.4. The van der Waals surface area contributed by atoms with Crippen LogP contribution in [-0.4, -0.2) is 17.3 Å². The molecule has 1 aliphatic rings. The number of nitriles is 1. The first-order valence-electron chi connectivity index (χ1n) is 5.17. The Morgan fingerprint density at radius 3 is 2.88 bits per heavy atom. The van der Waals surface area contributed by atoms with E-state index in [0.29, 0.717) is 11.3 Å². The highest BCUT2D eigenvalue weighted by molar-refractivity contribution is 8.00. The van der Waals surface area contributed by atoms with E-state index in [1.54, 1.807) is 0 Å². The monoisotopic (exact) mass is 251 g/mol. The molecule has 2 atom stereocenters. The summed E-state index contributed by atoms with van der Waals surface area (Å²) in [5.74, 6) is -0.771. The Hall–Kier alpha value is -1.54. The van der Waals surface area contributed by atoms with Crippen LogP contribution in [0.15, 0.2) is 23.1 Å². The molecule has 0 N–H and O–H groups in total. The summed E-state index contributed by atoms with van der Waals surface area (Å²) in [7, 11) is 0. The van der Waals surface area contributed by atoms with E-state index in [4.69, 9.17) is 10.00 Å². The zero-order valence-corrected chi connectivity index (χ0v) is 9.96. The quantitative estimate of drug-likeness (QED) is 0.758. The van der Waals surface area contributed by atoms with Crippen molar-refractivity contribution >= 4 is 17.7 Å². The molecular weight excluding hydrogens is 241 g/mol. The van der Waals surface area contributed by atoms with E-state index in [2.05, 4.69) is 0 Å². The van der Waals surface area contributed by atoms with Gasteiger partial charge in [0.1, 0.15) is 17.2 Å². The van der Waals surface area contributed by atoms with Gasteiger partial charge in [0.15, 0.2) is 0 Å². The maximum absolute atomic E-state index is 13.6. The Morgan fingerprint density at radius 1 is 1.59 bits per heavy atom. The lowest BCUT2D eigenvalue weighted by molar-refractivity contribution is -0.140. The molecule has 17 heavy (non-hydrogen) atoms. The lowest BCUT2D eigenvalue weighted by Crippen LogP contribution is -2.09. The molecule has 0 unspecified atom stereocenters. The molecule has 1 saturated heterocycles.